The average molecular weight is 586 g/mol. The number of nitrogens with zero attached hydrogens (tertiary/aromatic N) is 3. The Labute approximate surface area is 254 Å². The van der Waals surface area contributed by atoms with Crippen LogP contribution in [0, 0.1) is 0 Å². The van der Waals surface area contributed by atoms with Gasteiger partial charge in [0, 0.05) is 50.6 Å². The SMILES string of the molecule is COC(=O)N(c1ccc(C(=O)Nc2ccc(Nc3cc(-c4cccc5c4oc4ccccc45)ncn3)cc2)cc1)C(C)(C)C. The van der Waals surface area contributed by atoms with E-state index in [0.29, 0.717) is 22.8 Å². The van der Waals surface area contributed by atoms with E-state index in [0.717, 1.165) is 38.9 Å². The summed E-state index contributed by atoms with van der Waals surface area (Å²) in [6, 6.07) is 30.0. The van der Waals surface area contributed by atoms with Crippen molar-refractivity contribution < 1.29 is 18.7 Å². The molecule has 44 heavy (non-hydrogen) atoms. The number of nitrogens with one attached hydrogen (secondary N) is 2. The number of para-hydroxylation sites is 2. The first kappa shape index (κ1) is 28.4. The van der Waals surface area contributed by atoms with Gasteiger partial charge in [-0.1, -0.05) is 30.3 Å². The summed E-state index contributed by atoms with van der Waals surface area (Å²) < 4.78 is 11.1. The van der Waals surface area contributed by atoms with Crippen LogP contribution in [-0.2, 0) is 4.74 Å². The number of hydrogen-bond donors (Lipinski definition) is 2. The number of amides is 2. The van der Waals surface area contributed by atoms with Crippen molar-refractivity contribution in [2.24, 2.45) is 0 Å². The highest BCUT2D eigenvalue weighted by Gasteiger charge is 2.29. The van der Waals surface area contributed by atoms with E-state index in [9.17, 15) is 9.59 Å². The molecule has 0 bridgehead atoms. The number of aromatic nitrogens is 2. The van der Waals surface area contributed by atoms with Crippen LogP contribution in [0.25, 0.3) is 33.2 Å². The summed E-state index contributed by atoms with van der Waals surface area (Å²) in [6.45, 7) is 5.74. The third-order valence-electron chi connectivity index (χ3n) is 7.18. The summed E-state index contributed by atoms with van der Waals surface area (Å²) in [6.07, 6.45) is 1.05. The van der Waals surface area contributed by atoms with E-state index in [1.807, 2.05) is 93.6 Å². The van der Waals surface area contributed by atoms with Crippen molar-refractivity contribution in [1.82, 2.24) is 9.97 Å². The smallest absolute Gasteiger partial charge is 0.414 e. The van der Waals surface area contributed by atoms with Crippen LogP contribution < -0.4 is 15.5 Å². The van der Waals surface area contributed by atoms with Crippen molar-refractivity contribution in [2.75, 3.05) is 22.6 Å². The Morgan fingerprint density at radius 2 is 1.52 bits per heavy atom. The standard InChI is InChI=1S/C35H31N5O4/c1-35(2,3)40(34(42)43-4)25-18-12-22(13-19-25)33(41)39-24-16-14-23(15-17-24)38-31-20-29(36-21-37-31)28-10-7-9-27-26-8-5-6-11-30(26)44-32(27)28/h5-21H,1-4H3,(H,39,41)(H,36,37,38). The average Bonchev–Trinajstić information content (AvgIpc) is 3.41. The highest BCUT2D eigenvalue weighted by molar-refractivity contribution is 6.09. The first-order valence-electron chi connectivity index (χ1n) is 14.1. The predicted molar refractivity (Wildman–Crippen MR) is 174 cm³/mol. The summed E-state index contributed by atoms with van der Waals surface area (Å²) in [5, 5.41) is 8.32. The van der Waals surface area contributed by atoms with E-state index in [1.54, 1.807) is 29.2 Å². The molecule has 2 aromatic heterocycles. The third kappa shape index (κ3) is 5.67. The second kappa shape index (κ2) is 11.5. The second-order valence-electron chi connectivity index (χ2n) is 11.2. The quantitative estimate of drug-likeness (QED) is 0.202. The van der Waals surface area contributed by atoms with Gasteiger partial charge in [0.2, 0.25) is 0 Å². The molecule has 0 saturated heterocycles. The highest BCUT2D eigenvalue weighted by Crippen LogP contribution is 2.35. The maximum Gasteiger partial charge on any atom is 0.414 e. The normalized spacial score (nSPS) is 11.4. The lowest BCUT2D eigenvalue weighted by Gasteiger charge is -2.34. The molecule has 4 aromatic carbocycles. The first-order valence-corrected chi connectivity index (χ1v) is 14.1. The van der Waals surface area contributed by atoms with Crippen LogP contribution in [0.3, 0.4) is 0 Å². The Hall–Kier alpha value is -5.70. The van der Waals surface area contributed by atoms with Gasteiger partial charge in [0.05, 0.1) is 12.8 Å². The molecular weight excluding hydrogens is 554 g/mol. The molecule has 6 rings (SSSR count). The van der Waals surface area contributed by atoms with Crippen LogP contribution in [-0.4, -0.2) is 34.6 Å². The molecule has 0 fully saturated rings. The predicted octanol–water partition coefficient (Wildman–Crippen LogP) is 8.41. The summed E-state index contributed by atoms with van der Waals surface area (Å²) in [4.78, 5) is 35.7. The molecule has 0 aliphatic rings. The second-order valence-corrected chi connectivity index (χ2v) is 11.2. The lowest BCUT2D eigenvalue weighted by Crippen LogP contribution is -2.45. The minimum Gasteiger partial charge on any atom is -0.455 e. The summed E-state index contributed by atoms with van der Waals surface area (Å²) in [7, 11) is 1.35. The molecule has 0 saturated carbocycles. The zero-order chi connectivity index (χ0) is 30.8. The van der Waals surface area contributed by atoms with Crippen LogP contribution in [0.1, 0.15) is 31.1 Å². The topological polar surface area (TPSA) is 110 Å². The Kier molecular flexibility index (Phi) is 7.45. The Morgan fingerprint density at radius 3 is 2.25 bits per heavy atom. The molecule has 2 amide bonds. The highest BCUT2D eigenvalue weighted by atomic mass is 16.5. The van der Waals surface area contributed by atoms with Gasteiger partial charge in [-0.3, -0.25) is 9.69 Å². The molecule has 2 heterocycles. The molecule has 0 spiro atoms. The molecular formula is C35H31N5O4. The molecule has 0 aliphatic heterocycles. The third-order valence-corrected chi connectivity index (χ3v) is 7.18. The number of carbonyl (C=O) groups excluding carboxylic acids is 2. The van der Waals surface area contributed by atoms with Gasteiger partial charge < -0.3 is 19.8 Å². The number of carbonyl (C=O) groups is 2. The van der Waals surface area contributed by atoms with Crippen LogP contribution in [0.2, 0.25) is 0 Å². The summed E-state index contributed by atoms with van der Waals surface area (Å²) in [5.41, 5.74) is 5.26. The molecule has 220 valence electrons. The van der Waals surface area contributed by atoms with Crippen LogP contribution in [0.15, 0.2) is 108 Å². The first-order chi connectivity index (χ1) is 21.2. The summed E-state index contributed by atoms with van der Waals surface area (Å²) in [5.74, 6) is 0.356. The fraction of sp³-hybridized carbons (Fsp3) is 0.143. The largest absolute Gasteiger partial charge is 0.455 e. The van der Waals surface area contributed by atoms with Gasteiger partial charge in [-0.25, -0.2) is 14.8 Å². The van der Waals surface area contributed by atoms with Crippen LogP contribution in [0.4, 0.5) is 27.7 Å². The molecule has 0 radical (unpaired) electrons. The zero-order valence-corrected chi connectivity index (χ0v) is 24.8. The number of fused-ring (bicyclic) bond motifs is 3. The van der Waals surface area contributed by atoms with Gasteiger partial charge in [-0.05, 0) is 81.4 Å². The molecule has 0 atom stereocenters. The van der Waals surface area contributed by atoms with Crippen molar-refractivity contribution >= 4 is 56.8 Å². The summed E-state index contributed by atoms with van der Waals surface area (Å²) >= 11 is 0. The maximum atomic E-state index is 12.9. The zero-order valence-electron chi connectivity index (χ0n) is 24.8. The van der Waals surface area contributed by atoms with Crippen molar-refractivity contribution in [2.45, 2.75) is 26.3 Å². The van der Waals surface area contributed by atoms with Gasteiger partial charge in [-0.2, -0.15) is 0 Å². The van der Waals surface area contributed by atoms with Gasteiger partial charge in [-0.15, -0.1) is 0 Å². The Bertz CT molecular complexity index is 1980. The van der Waals surface area contributed by atoms with E-state index in [2.05, 4.69) is 20.6 Å². The van der Waals surface area contributed by atoms with E-state index in [4.69, 9.17) is 9.15 Å². The van der Waals surface area contributed by atoms with E-state index < -0.39 is 11.6 Å². The van der Waals surface area contributed by atoms with Gasteiger partial charge in [0.25, 0.3) is 5.91 Å². The van der Waals surface area contributed by atoms with Crippen molar-refractivity contribution in [3.8, 4) is 11.3 Å². The Morgan fingerprint density at radius 1 is 0.818 bits per heavy atom. The number of rotatable bonds is 6. The number of hydrogen-bond acceptors (Lipinski definition) is 7. The Balaban J connectivity index is 1.14. The fourth-order valence-corrected chi connectivity index (χ4v) is 5.13. The van der Waals surface area contributed by atoms with Gasteiger partial charge in [0.1, 0.15) is 23.3 Å². The molecule has 6 aromatic rings. The lowest BCUT2D eigenvalue weighted by atomic mass is 10.0. The van der Waals surface area contributed by atoms with Crippen LogP contribution >= 0.6 is 0 Å². The molecule has 9 heteroatoms. The van der Waals surface area contributed by atoms with Crippen molar-refractivity contribution in [3.63, 3.8) is 0 Å². The maximum absolute atomic E-state index is 12.9. The van der Waals surface area contributed by atoms with Gasteiger partial charge >= 0.3 is 6.09 Å². The monoisotopic (exact) mass is 585 g/mol. The minimum atomic E-state index is -0.497. The van der Waals surface area contributed by atoms with E-state index in [1.165, 1.54) is 13.4 Å². The van der Waals surface area contributed by atoms with Crippen molar-refractivity contribution in [1.29, 1.82) is 0 Å². The number of ether oxygens (including phenoxy) is 1. The minimum absolute atomic E-state index is 0.266. The number of anilines is 4. The number of methoxy groups -OCH3 is 1. The molecule has 0 unspecified atom stereocenters. The van der Waals surface area contributed by atoms with Crippen LogP contribution in [0.5, 0.6) is 0 Å². The van der Waals surface area contributed by atoms with Crippen molar-refractivity contribution in [3.05, 3.63) is 109 Å². The molecule has 2 N–H and O–H groups in total. The fourth-order valence-electron chi connectivity index (χ4n) is 5.13. The van der Waals surface area contributed by atoms with E-state index >= 15 is 0 Å². The van der Waals surface area contributed by atoms with Gasteiger partial charge in [0.15, 0.2) is 0 Å². The van der Waals surface area contributed by atoms with E-state index in [-0.39, 0.29) is 5.91 Å². The number of furan rings is 1. The number of benzene rings is 4. The molecule has 0 aliphatic carbocycles. The lowest BCUT2D eigenvalue weighted by molar-refractivity contribution is 0.102. The molecule has 9 nitrogen and oxygen atoms in total.